The van der Waals surface area contributed by atoms with Crippen molar-refractivity contribution in [1.29, 1.82) is 0 Å². The van der Waals surface area contributed by atoms with Crippen molar-refractivity contribution in [3.63, 3.8) is 0 Å². The smallest absolute Gasteiger partial charge is 0.254 e. The fourth-order valence-electron chi connectivity index (χ4n) is 2.86. The van der Waals surface area contributed by atoms with Crippen LogP contribution in [0.4, 0.5) is 10.1 Å². The van der Waals surface area contributed by atoms with E-state index in [2.05, 4.69) is 9.88 Å². The topological polar surface area (TPSA) is 36.4 Å². The number of carbonyl (C=O) groups excluding carboxylic acids is 1. The summed E-state index contributed by atoms with van der Waals surface area (Å²) < 4.78 is 13.0. The summed E-state index contributed by atoms with van der Waals surface area (Å²) in [5.41, 5.74) is 3.56. The molecule has 1 aliphatic heterocycles. The number of amides is 1. The van der Waals surface area contributed by atoms with Gasteiger partial charge in [0.25, 0.3) is 5.91 Å². The second kappa shape index (κ2) is 6.36. The third kappa shape index (κ3) is 3.18. The van der Waals surface area contributed by atoms with Crippen LogP contribution in [-0.2, 0) is 0 Å². The van der Waals surface area contributed by atoms with Gasteiger partial charge in [-0.1, -0.05) is 0 Å². The van der Waals surface area contributed by atoms with E-state index in [1.807, 2.05) is 18.7 Å². The summed E-state index contributed by atoms with van der Waals surface area (Å²) in [5.74, 6) is -0.169. The Balaban J connectivity index is 1.68. The summed E-state index contributed by atoms with van der Waals surface area (Å²) in [5, 5.41) is 0. The molecule has 1 saturated heterocycles. The lowest BCUT2D eigenvalue weighted by Gasteiger charge is -2.36. The number of anilines is 1. The quantitative estimate of drug-likeness (QED) is 0.855. The highest BCUT2D eigenvalue weighted by molar-refractivity contribution is 5.95. The van der Waals surface area contributed by atoms with Gasteiger partial charge in [-0.15, -0.1) is 0 Å². The third-order valence-corrected chi connectivity index (χ3v) is 4.45. The number of aromatic nitrogens is 1. The van der Waals surface area contributed by atoms with E-state index in [4.69, 9.17) is 0 Å². The Bertz CT molecular complexity index is 707. The molecule has 1 aromatic heterocycles. The van der Waals surface area contributed by atoms with Crippen LogP contribution in [0.3, 0.4) is 0 Å². The van der Waals surface area contributed by atoms with E-state index >= 15 is 0 Å². The third-order valence-electron chi connectivity index (χ3n) is 4.45. The largest absolute Gasteiger partial charge is 0.368 e. The summed E-state index contributed by atoms with van der Waals surface area (Å²) in [4.78, 5) is 21.0. The van der Waals surface area contributed by atoms with E-state index in [1.165, 1.54) is 12.1 Å². The molecule has 0 saturated carbocycles. The van der Waals surface area contributed by atoms with Gasteiger partial charge in [-0.05, 0) is 49.7 Å². The highest BCUT2D eigenvalue weighted by Gasteiger charge is 2.23. The zero-order valence-corrected chi connectivity index (χ0v) is 13.4. The first kappa shape index (κ1) is 15.5. The first-order chi connectivity index (χ1) is 11.1. The van der Waals surface area contributed by atoms with Gasteiger partial charge < -0.3 is 9.80 Å². The zero-order chi connectivity index (χ0) is 16.4. The SMILES string of the molecule is Cc1nccc(C(=O)N2CCN(c3ccc(F)cc3)CC2)c1C. The number of halogens is 1. The van der Waals surface area contributed by atoms with Crippen molar-refractivity contribution < 1.29 is 9.18 Å². The number of pyridine rings is 1. The van der Waals surface area contributed by atoms with Crippen LogP contribution < -0.4 is 4.90 Å². The molecule has 1 amide bonds. The Morgan fingerprint density at radius 1 is 1.04 bits per heavy atom. The maximum atomic E-state index is 13.0. The van der Waals surface area contributed by atoms with Crippen molar-refractivity contribution in [1.82, 2.24) is 9.88 Å². The second-order valence-electron chi connectivity index (χ2n) is 5.82. The van der Waals surface area contributed by atoms with Crippen LogP contribution in [0, 0.1) is 19.7 Å². The first-order valence-electron chi connectivity index (χ1n) is 7.78. The lowest BCUT2D eigenvalue weighted by Crippen LogP contribution is -2.49. The Morgan fingerprint density at radius 2 is 1.70 bits per heavy atom. The monoisotopic (exact) mass is 313 g/mol. The number of hydrogen-bond donors (Lipinski definition) is 0. The summed E-state index contributed by atoms with van der Waals surface area (Å²) in [7, 11) is 0. The number of carbonyl (C=O) groups is 1. The van der Waals surface area contributed by atoms with Crippen molar-refractivity contribution in [3.8, 4) is 0 Å². The highest BCUT2D eigenvalue weighted by atomic mass is 19.1. The lowest BCUT2D eigenvalue weighted by atomic mass is 10.1. The Labute approximate surface area is 135 Å². The van der Waals surface area contributed by atoms with Gasteiger partial charge in [-0.2, -0.15) is 0 Å². The molecule has 5 heteroatoms. The Kier molecular flexibility index (Phi) is 4.28. The van der Waals surface area contributed by atoms with E-state index in [1.54, 1.807) is 24.4 Å². The highest BCUT2D eigenvalue weighted by Crippen LogP contribution is 2.19. The average Bonchev–Trinajstić information content (AvgIpc) is 2.58. The molecule has 0 atom stereocenters. The predicted molar refractivity (Wildman–Crippen MR) is 88.2 cm³/mol. The Morgan fingerprint density at radius 3 is 2.35 bits per heavy atom. The normalized spacial score (nSPS) is 14.9. The maximum Gasteiger partial charge on any atom is 0.254 e. The van der Waals surface area contributed by atoms with Crippen molar-refractivity contribution in [2.75, 3.05) is 31.1 Å². The van der Waals surface area contributed by atoms with Gasteiger partial charge in [0.1, 0.15) is 5.82 Å². The van der Waals surface area contributed by atoms with E-state index in [0.29, 0.717) is 13.1 Å². The van der Waals surface area contributed by atoms with Crippen molar-refractivity contribution in [2.45, 2.75) is 13.8 Å². The zero-order valence-electron chi connectivity index (χ0n) is 13.4. The van der Waals surface area contributed by atoms with E-state index in [-0.39, 0.29) is 11.7 Å². The molecule has 3 rings (SSSR count). The average molecular weight is 313 g/mol. The van der Waals surface area contributed by atoms with Gasteiger partial charge in [0.05, 0.1) is 0 Å². The van der Waals surface area contributed by atoms with E-state index in [0.717, 1.165) is 35.6 Å². The van der Waals surface area contributed by atoms with Crippen molar-refractivity contribution >= 4 is 11.6 Å². The van der Waals surface area contributed by atoms with Gasteiger partial charge in [-0.25, -0.2) is 4.39 Å². The molecule has 120 valence electrons. The number of hydrogen-bond acceptors (Lipinski definition) is 3. The fraction of sp³-hybridized carbons (Fsp3) is 0.333. The fourth-order valence-corrected chi connectivity index (χ4v) is 2.86. The number of benzene rings is 1. The van der Waals surface area contributed by atoms with Crippen molar-refractivity contribution in [2.24, 2.45) is 0 Å². The van der Waals surface area contributed by atoms with Crippen LogP contribution in [0.1, 0.15) is 21.6 Å². The van der Waals surface area contributed by atoms with Gasteiger partial charge in [0, 0.05) is 49.3 Å². The van der Waals surface area contributed by atoms with Crippen LogP contribution in [0.15, 0.2) is 36.5 Å². The maximum absolute atomic E-state index is 13.0. The molecule has 0 aliphatic carbocycles. The molecule has 4 nitrogen and oxygen atoms in total. The van der Waals surface area contributed by atoms with Crippen LogP contribution in [-0.4, -0.2) is 42.0 Å². The van der Waals surface area contributed by atoms with Gasteiger partial charge in [0.2, 0.25) is 0 Å². The predicted octanol–water partition coefficient (Wildman–Crippen LogP) is 2.80. The van der Waals surface area contributed by atoms with Crippen LogP contribution in [0.25, 0.3) is 0 Å². The number of aryl methyl sites for hydroxylation is 1. The van der Waals surface area contributed by atoms with E-state index in [9.17, 15) is 9.18 Å². The lowest BCUT2D eigenvalue weighted by molar-refractivity contribution is 0.0746. The van der Waals surface area contributed by atoms with Crippen molar-refractivity contribution in [3.05, 3.63) is 59.2 Å². The molecule has 1 aliphatic rings. The molecule has 0 spiro atoms. The summed E-state index contributed by atoms with van der Waals surface area (Å²) in [6, 6.07) is 8.29. The molecular formula is C18H20FN3O. The molecule has 0 N–H and O–H groups in total. The first-order valence-corrected chi connectivity index (χ1v) is 7.78. The molecule has 0 radical (unpaired) electrons. The summed E-state index contributed by atoms with van der Waals surface area (Å²) in [6.07, 6.45) is 1.68. The number of rotatable bonds is 2. The molecule has 1 fully saturated rings. The minimum atomic E-state index is -0.230. The summed E-state index contributed by atoms with van der Waals surface area (Å²) in [6.45, 7) is 6.68. The number of piperazine rings is 1. The van der Waals surface area contributed by atoms with E-state index < -0.39 is 0 Å². The molecule has 23 heavy (non-hydrogen) atoms. The van der Waals surface area contributed by atoms with Gasteiger partial charge >= 0.3 is 0 Å². The molecule has 0 bridgehead atoms. The summed E-state index contributed by atoms with van der Waals surface area (Å²) >= 11 is 0. The van der Waals surface area contributed by atoms with Gasteiger partial charge in [-0.3, -0.25) is 9.78 Å². The van der Waals surface area contributed by atoms with Crippen LogP contribution in [0.5, 0.6) is 0 Å². The van der Waals surface area contributed by atoms with Gasteiger partial charge in [0.15, 0.2) is 0 Å². The van der Waals surface area contributed by atoms with Crippen LogP contribution in [0.2, 0.25) is 0 Å². The number of nitrogens with zero attached hydrogens (tertiary/aromatic N) is 3. The molecule has 2 aromatic rings. The minimum absolute atomic E-state index is 0.0618. The molecule has 0 unspecified atom stereocenters. The molecule has 2 heterocycles. The van der Waals surface area contributed by atoms with Crippen LogP contribution >= 0.6 is 0 Å². The molecular weight excluding hydrogens is 293 g/mol. The standard InChI is InChI=1S/C18H20FN3O/c1-13-14(2)20-8-7-17(13)18(23)22-11-9-21(10-12-22)16-5-3-15(19)4-6-16/h3-8H,9-12H2,1-2H3. The molecule has 1 aromatic carbocycles. The Hall–Kier alpha value is -2.43. The second-order valence-corrected chi connectivity index (χ2v) is 5.82. The minimum Gasteiger partial charge on any atom is -0.368 e.